The van der Waals surface area contributed by atoms with Crippen molar-refractivity contribution in [2.24, 2.45) is 17.8 Å². The van der Waals surface area contributed by atoms with E-state index in [9.17, 15) is 9.90 Å². The first-order chi connectivity index (χ1) is 9.15. The maximum Gasteiger partial charge on any atom is 0.273 e. The molecule has 3 rings (SSSR count). The van der Waals surface area contributed by atoms with Gasteiger partial charge in [-0.3, -0.25) is 4.79 Å². The van der Waals surface area contributed by atoms with Crippen molar-refractivity contribution in [1.29, 1.82) is 0 Å². The lowest BCUT2D eigenvalue weighted by molar-refractivity contribution is 0.0907. The van der Waals surface area contributed by atoms with E-state index in [0.29, 0.717) is 5.92 Å². The molecular formula is C15H20N2O2. The first-order valence-corrected chi connectivity index (χ1v) is 7.10. The minimum Gasteiger partial charge on any atom is -0.505 e. The molecule has 0 saturated heterocycles. The van der Waals surface area contributed by atoms with Gasteiger partial charge < -0.3 is 10.4 Å². The second kappa shape index (κ2) is 4.83. The predicted octanol–water partition coefficient (Wildman–Crippen LogP) is 2.34. The molecule has 1 aromatic rings. The molecule has 19 heavy (non-hydrogen) atoms. The quantitative estimate of drug-likeness (QED) is 0.877. The molecule has 0 aromatic carbocycles. The van der Waals surface area contributed by atoms with Gasteiger partial charge in [0.05, 0.1) is 0 Å². The van der Waals surface area contributed by atoms with E-state index in [-0.39, 0.29) is 23.4 Å². The molecule has 2 aliphatic rings. The summed E-state index contributed by atoms with van der Waals surface area (Å²) in [6.45, 7) is 2.07. The van der Waals surface area contributed by atoms with Crippen LogP contribution in [0.1, 0.15) is 43.1 Å². The van der Waals surface area contributed by atoms with E-state index in [1.165, 1.54) is 37.9 Å². The number of rotatable bonds is 3. The van der Waals surface area contributed by atoms with Gasteiger partial charge in [-0.2, -0.15) is 0 Å². The monoisotopic (exact) mass is 260 g/mol. The summed E-state index contributed by atoms with van der Waals surface area (Å²) in [5.41, 5.74) is 0.123. The number of pyridine rings is 1. The average molecular weight is 260 g/mol. The molecule has 4 heteroatoms. The molecule has 1 amide bonds. The molecule has 4 atom stereocenters. The number of fused-ring (bicyclic) bond motifs is 2. The van der Waals surface area contributed by atoms with Crippen molar-refractivity contribution >= 4 is 5.91 Å². The summed E-state index contributed by atoms with van der Waals surface area (Å²) in [4.78, 5) is 16.0. The van der Waals surface area contributed by atoms with E-state index < -0.39 is 0 Å². The van der Waals surface area contributed by atoms with Crippen LogP contribution in [-0.4, -0.2) is 22.0 Å². The fourth-order valence-corrected chi connectivity index (χ4v) is 3.86. The molecule has 2 aliphatic carbocycles. The van der Waals surface area contributed by atoms with Gasteiger partial charge in [0.2, 0.25) is 0 Å². The summed E-state index contributed by atoms with van der Waals surface area (Å²) >= 11 is 0. The second-order valence-electron chi connectivity index (χ2n) is 5.97. The van der Waals surface area contributed by atoms with E-state index >= 15 is 0 Å². The van der Waals surface area contributed by atoms with E-state index in [0.717, 1.165) is 11.8 Å². The summed E-state index contributed by atoms with van der Waals surface area (Å²) in [7, 11) is 0. The van der Waals surface area contributed by atoms with Crippen molar-refractivity contribution in [1.82, 2.24) is 10.3 Å². The summed E-state index contributed by atoms with van der Waals surface area (Å²) in [6, 6.07) is 3.26. The molecule has 2 N–H and O–H groups in total. The molecule has 0 radical (unpaired) electrons. The Labute approximate surface area is 113 Å². The third-order valence-electron chi connectivity index (χ3n) is 4.80. The highest BCUT2D eigenvalue weighted by atomic mass is 16.3. The number of carbonyl (C=O) groups is 1. The fraction of sp³-hybridized carbons (Fsp3) is 0.600. The SMILES string of the molecule is CC(NC(=O)c1ncccc1O)C1CC2CCC1C2. The van der Waals surface area contributed by atoms with Gasteiger partial charge in [0, 0.05) is 12.2 Å². The van der Waals surface area contributed by atoms with Crippen LogP contribution in [0.2, 0.25) is 0 Å². The molecule has 0 spiro atoms. The first kappa shape index (κ1) is 12.5. The molecule has 4 nitrogen and oxygen atoms in total. The Hall–Kier alpha value is -1.58. The van der Waals surface area contributed by atoms with E-state index in [1.54, 1.807) is 6.07 Å². The summed E-state index contributed by atoms with van der Waals surface area (Å²) in [6.07, 6.45) is 6.77. The number of nitrogens with zero attached hydrogens (tertiary/aromatic N) is 1. The number of amides is 1. The van der Waals surface area contributed by atoms with E-state index in [2.05, 4.69) is 17.2 Å². The van der Waals surface area contributed by atoms with Crippen LogP contribution in [0.4, 0.5) is 0 Å². The molecule has 1 heterocycles. The molecule has 1 aromatic heterocycles. The highest BCUT2D eigenvalue weighted by Gasteiger charge is 2.42. The van der Waals surface area contributed by atoms with Crippen LogP contribution in [0, 0.1) is 17.8 Å². The highest BCUT2D eigenvalue weighted by molar-refractivity contribution is 5.94. The van der Waals surface area contributed by atoms with Gasteiger partial charge in [-0.15, -0.1) is 0 Å². The molecule has 102 valence electrons. The Morgan fingerprint density at radius 2 is 2.32 bits per heavy atom. The van der Waals surface area contributed by atoms with E-state index in [1.807, 2.05) is 0 Å². The predicted molar refractivity (Wildman–Crippen MR) is 71.8 cm³/mol. The zero-order valence-corrected chi connectivity index (χ0v) is 11.2. The summed E-state index contributed by atoms with van der Waals surface area (Å²) in [5.74, 6) is 1.91. The van der Waals surface area contributed by atoms with Crippen molar-refractivity contribution in [2.45, 2.75) is 38.6 Å². The van der Waals surface area contributed by atoms with Crippen molar-refractivity contribution in [2.75, 3.05) is 0 Å². The number of nitrogens with one attached hydrogen (secondary N) is 1. The van der Waals surface area contributed by atoms with Gasteiger partial charge in [0.1, 0.15) is 5.75 Å². The fourth-order valence-electron chi connectivity index (χ4n) is 3.86. The highest BCUT2D eigenvalue weighted by Crippen LogP contribution is 2.49. The Balaban J connectivity index is 1.65. The van der Waals surface area contributed by atoms with Crippen LogP contribution in [0.25, 0.3) is 0 Å². The molecule has 2 fully saturated rings. The Bertz CT molecular complexity index is 489. The summed E-state index contributed by atoms with van der Waals surface area (Å²) in [5, 5.41) is 12.6. The largest absolute Gasteiger partial charge is 0.505 e. The Morgan fingerprint density at radius 3 is 2.95 bits per heavy atom. The van der Waals surface area contributed by atoms with Gasteiger partial charge in [-0.1, -0.05) is 6.42 Å². The third kappa shape index (κ3) is 2.31. The summed E-state index contributed by atoms with van der Waals surface area (Å²) < 4.78 is 0. The van der Waals surface area contributed by atoms with Gasteiger partial charge in [0.25, 0.3) is 5.91 Å². The van der Waals surface area contributed by atoms with Crippen LogP contribution in [0.5, 0.6) is 5.75 Å². The maximum atomic E-state index is 12.1. The number of aromatic nitrogens is 1. The van der Waals surface area contributed by atoms with Crippen LogP contribution in [0.15, 0.2) is 18.3 Å². The molecular weight excluding hydrogens is 240 g/mol. The number of hydrogen-bond donors (Lipinski definition) is 2. The Morgan fingerprint density at radius 1 is 1.47 bits per heavy atom. The third-order valence-corrected chi connectivity index (χ3v) is 4.80. The van der Waals surface area contributed by atoms with Crippen LogP contribution < -0.4 is 5.32 Å². The van der Waals surface area contributed by atoms with Gasteiger partial charge in [-0.25, -0.2) is 4.98 Å². The molecule has 2 bridgehead atoms. The number of aromatic hydroxyl groups is 1. The first-order valence-electron chi connectivity index (χ1n) is 7.10. The maximum absolute atomic E-state index is 12.1. The molecule has 2 saturated carbocycles. The number of carbonyl (C=O) groups excluding carboxylic acids is 1. The van der Waals surface area contributed by atoms with Crippen molar-refractivity contribution in [3.05, 3.63) is 24.0 Å². The standard InChI is InChI=1S/C15H20N2O2/c1-9(12-8-10-4-5-11(12)7-10)17-15(19)14-13(18)3-2-6-16-14/h2-3,6,9-12,18H,4-5,7-8H2,1H3,(H,17,19). The number of hydrogen-bond acceptors (Lipinski definition) is 3. The smallest absolute Gasteiger partial charge is 0.273 e. The lowest BCUT2D eigenvalue weighted by Crippen LogP contribution is -2.40. The van der Waals surface area contributed by atoms with Crippen molar-refractivity contribution < 1.29 is 9.90 Å². The zero-order chi connectivity index (χ0) is 13.4. The van der Waals surface area contributed by atoms with Gasteiger partial charge >= 0.3 is 0 Å². The second-order valence-corrected chi connectivity index (χ2v) is 5.97. The zero-order valence-electron chi connectivity index (χ0n) is 11.2. The topological polar surface area (TPSA) is 62.2 Å². The van der Waals surface area contributed by atoms with Gasteiger partial charge in [-0.05, 0) is 56.1 Å². The Kier molecular flexibility index (Phi) is 3.17. The van der Waals surface area contributed by atoms with Crippen LogP contribution >= 0.6 is 0 Å². The average Bonchev–Trinajstić information content (AvgIpc) is 3.01. The lowest BCUT2D eigenvalue weighted by atomic mass is 9.84. The van der Waals surface area contributed by atoms with Crippen molar-refractivity contribution in [3.8, 4) is 5.75 Å². The normalized spacial score (nSPS) is 30.3. The van der Waals surface area contributed by atoms with Crippen LogP contribution in [-0.2, 0) is 0 Å². The lowest BCUT2D eigenvalue weighted by Gasteiger charge is -2.28. The minimum absolute atomic E-state index is 0.0554. The minimum atomic E-state index is -0.270. The van der Waals surface area contributed by atoms with Gasteiger partial charge in [0.15, 0.2) is 5.69 Å². The van der Waals surface area contributed by atoms with E-state index in [4.69, 9.17) is 0 Å². The van der Waals surface area contributed by atoms with Crippen molar-refractivity contribution in [3.63, 3.8) is 0 Å². The molecule has 4 unspecified atom stereocenters. The van der Waals surface area contributed by atoms with Crippen LogP contribution in [0.3, 0.4) is 0 Å². The molecule has 0 aliphatic heterocycles.